The highest BCUT2D eigenvalue weighted by Crippen LogP contribution is 2.25. The number of carbonyl (C=O) groups is 1. The molecule has 3 rings (SSSR count). The number of carbonyl (C=O) groups excluding carboxylic acids is 1. The van der Waals surface area contributed by atoms with Crippen molar-refractivity contribution in [3.63, 3.8) is 0 Å². The molecule has 7 heteroatoms. The fourth-order valence-electron chi connectivity index (χ4n) is 3.57. The van der Waals surface area contributed by atoms with E-state index in [-0.39, 0.29) is 23.9 Å². The lowest BCUT2D eigenvalue weighted by atomic mass is 10.1. The van der Waals surface area contributed by atoms with E-state index in [2.05, 4.69) is 0 Å². The van der Waals surface area contributed by atoms with Crippen molar-refractivity contribution in [2.45, 2.75) is 37.6 Å². The van der Waals surface area contributed by atoms with Crippen molar-refractivity contribution >= 4 is 15.9 Å². The number of benzene rings is 2. The first kappa shape index (κ1) is 21.3. The molecule has 6 nitrogen and oxygen atoms in total. The molecule has 1 saturated heterocycles. The van der Waals surface area contributed by atoms with Gasteiger partial charge in [-0.25, -0.2) is 8.42 Å². The van der Waals surface area contributed by atoms with Gasteiger partial charge in [-0.3, -0.25) is 4.79 Å². The molecule has 0 aromatic heterocycles. The van der Waals surface area contributed by atoms with Crippen LogP contribution >= 0.6 is 0 Å². The first-order valence-electron chi connectivity index (χ1n) is 9.88. The van der Waals surface area contributed by atoms with Crippen LogP contribution in [0.15, 0.2) is 53.4 Å². The Labute approximate surface area is 173 Å². The molecule has 0 spiro atoms. The number of likely N-dealkylation sites (tertiary alicyclic amines) is 1. The molecular weight excluding hydrogens is 388 g/mol. The van der Waals surface area contributed by atoms with Crippen LogP contribution in [0.25, 0.3) is 0 Å². The molecule has 156 valence electrons. The topological polar surface area (TPSA) is 66.9 Å². The molecule has 0 radical (unpaired) electrons. The summed E-state index contributed by atoms with van der Waals surface area (Å²) in [6.45, 7) is 3.17. The third kappa shape index (κ3) is 5.16. The smallest absolute Gasteiger partial charge is 0.243 e. The maximum Gasteiger partial charge on any atom is 0.243 e. The summed E-state index contributed by atoms with van der Waals surface area (Å²) in [4.78, 5) is 14.8. The van der Waals surface area contributed by atoms with Gasteiger partial charge in [0.1, 0.15) is 5.75 Å². The number of amides is 1. The summed E-state index contributed by atoms with van der Waals surface area (Å²) in [5.41, 5.74) is 1.57. The summed E-state index contributed by atoms with van der Waals surface area (Å²) in [5.74, 6) is 0.484. The molecule has 2 aromatic rings. The summed E-state index contributed by atoms with van der Waals surface area (Å²) < 4.78 is 33.4. The number of aryl methyl sites for hydroxylation is 1. The predicted molar refractivity (Wildman–Crippen MR) is 112 cm³/mol. The van der Waals surface area contributed by atoms with Crippen molar-refractivity contribution in [2.24, 2.45) is 0 Å². The van der Waals surface area contributed by atoms with Gasteiger partial charge in [-0.2, -0.15) is 4.31 Å². The Morgan fingerprint density at radius 2 is 1.76 bits per heavy atom. The molecule has 0 aliphatic carbocycles. The zero-order valence-electron chi connectivity index (χ0n) is 17.0. The van der Waals surface area contributed by atoms with Crippen LogP contribution in [-0.4, -0.2) is 50.3 Å². The standard InChI is InChI=1S/C22H28N2O4S/c1-18-15-20(11-12-21(18)28-2)29(26,27)24(16-19-9-5-3-6-10-19)17-22(25)23-13-7-4-8-14-23/h3,5-6,9-12,15H,4,7-8,13-14,16-17H2,1-2H3. The number of methoxy groups -OCH3 is 1. The second-order valence-electron chi connectivity index (χ2n) is 7.33. The zero-order chi connectivity index (χ0) is 20.9. The predicted octanol–water partition coefficient (Wildman–Crippen LogP) is 3.21. The SMILES string of the molecule is COc1ccc(S(=O)(=O)N(CC(=O)N2CCCCC2)Cc2ccccc2)cc1C. The Morgan fingerprint density at radius 3 is 2.38 bits per heavy atom. The van der Waals surface area contributed by atoms with Crippen LogP contribution in [-0.2, 0) is 21.4 Å². The summed E-state index contributed by atoms with van der Waals surface area (Å²) in [6, 6.07) is 14.1. The summed E-state index contributed by atoms with van der Waals surface area (Å²) >= 11 is 0. The van der Waals surface area contributed by atoms with Gasteiger partial charge in [0.25, 0.3) is 0 Å². The van der Waals surface area contributed by atoms with Gasteiger partial charge >= 0.3 is 0 Å². The summed E-state index contributed by atoms with van der Waals surface area (Å²) in [5, 5.41) is 0. The molecule has 0 atom stereocenters. The van der Waals surface area contributed by atoms with E-state index >= 15 is 0 Å². The van der Waals surface area contributed by atoms with E-state index in [1.54, 1.807) is 31.1 Å². The van der Waals surface area contributed by atoms with Gasteiger partial charge < -0.3 is 9.64 Å². The average Bonchev–Trinajstić information content (AvgIpc) is 2.74. The number of hydrogen-bond acceptors (Lipinski definition) is 4. The van der Waals surface area contributed by atoms with E-state index in [1.165, 1.54) is 10.4 Å². The monoisotopic (exact) mass is 416 g/mol. The van der Waals surface area contributed by atoms with Crippen LogP contribution in [0.1, 0.15) is 30.4 Å². The fraction of sp³-hybridized carbons (Fsp3) is 0.409. The van der Waals surface area contributed by atoms with Crippen LogP contribution < -0.4 is 4.74 Å². The van der Waals surface area contributed by atoms with E-state index < -0.39 is 10.0 Å². The van der Waals surface area contributed by atoms with Crippen LogP contribution in [0.4, 0.5) is 0 Å². The normalized spacial score (nSPS) is 14.8. The number of hydrogen-bond donors (Lipinski definition) is 0. The molecule has 0 unspecified atom stereocenters. The van der Waals surface area contributed by atoms with Gasteiger partial charge in [0, 0.05) is 19.6 Å². The quantitative estimate of drug-likeness (QED) is 0.695. The Balaban J connectivity index is 1.90. The first-order valence-corrected chi connectivity index (χ1v) is 11.3. The fourth-order valence-corrected chi connectivity index (χ4v) is 5.03. The van der Waals surface area contributed by atoms with Crippen LogP contribution in [0.5, 0.6) is 5.75 Å². The average molecular weight is 417 g/mol. The van der Waals surface area contributed by atoms with Gasteiger partial charge in [-0.05, 0) is 55.5 Å². The molecule has 0 N–H and O–H groups in total. The molecule has 1 amide bonds. The Morgan fingerprint density at radius 1 is 1.07 bits per heavy atom. The molecule has 1 aliphatic heterocycles. The van der Waals surface area contributed by atoms with E-state index in [1.807, 2.05) is 30.3 Å². The van der Waals surface area contributed by atoms with Crippen molar-refractivity contribution in [3.8, 4) is 5.75 Å². The highest BCUT2D eigenvalue weighted by molar-refractivity contribution is 7.89. The minimum atomic E-state index is -3.85. The molecule has 1 aliphatic rings. The van der Waals surface area contributed by atoms with Crippen molar-refractivity contribution in [1.82, 2.24) is 9.21 Å². The Hall–Kier alpha value is -2.38. The van der Waals surface area contributed by atoms with E-state index in [0.29, 0.717) is 18.8 Å². The lowest BCUT2D eigenvalue weighted by Gasteiger charge is -2.30. The highest BCUT2D eigenvalue weighted by atomic mass is 32.2. The van der Waals surface area contributed by atoms with Crippen molar-refractivity contribution in [3.05, 3.63) is 59.7 Å². The third-order valence-electron chi connectivity index (χ3n) is 5.23. The Kier molecular flexibility index (Phi) is 6.92. The molecular formula is C22H28N2O4S. The number of sulfonamides is 1. The van der Waals surface area contributed by atoms with Crippen molar-refractivity contribution in [1.29, 1.82) is 0 Å². The number of rotatable bonds is 7. The Bertz CT molecular complexity index is 939. The highest BCUT2D eigenvalue weighted by Gasteiger charge is 2.29. The maximum atomic E-state index is 13.4. The molecule has 0 saturated carbocycles. The number of piperidine rings is 1. The maximum absolute atomic E-state index is 13.4. The number of ether oxygens (including phenoxy) is 1. The largest absolute Gasteiger partial charge is 0.496 e. The molecule has 1 fully saturated rings. The van der Waals surface area contributed by atoms with Gasteiger partial charge in [0.05, 0.1) is 18.6 Å². The molecule has 2 aromatic carbocycles. The van der Waals surface area contributed by atoms with Gasteiger partial charge in [0.15, 0.2) is 0 Å². The lowest BCUT2D eigenvalue weighted by Crippen LogP contribution is -2.44. The minimum absolute atomic E-state index is 0.144. The first-order chi connectivity index (χ1) is 13.9. The zero-order valence-corrected chi connectivity index (χ0v) is 17.8. The summed E-state index contributed by atoms with van der Waals surface area (Å²) in [7, 11) is -2.30. The van der Waals surface area contributed by atoms with Crippen molar-refractivity contribution < 1.29 is 17.9 Å². The van der Waals surface area contributed by atoms with Crippen LogP contribution in [0, 0.1) is 6.92 Å². The lowest BCUT2D eigenvalue weighted by molar-refractivity contribution is -0.132. The molecule has 1 heterocycles. The van der Waals surface area contributed by atoms with Crippen LogP contribution in [0.3, 0.4) is 0 Å². The third-order valence-corrected chi connectivity index (χ3v) is 7.01. The molecule has 0 bridgehead atoms. The second-order valence-corrected chi connectivity index (χ2v) is 9.27. The van der Waals surface area contributed by atoms with E-state index in [9.17, 15) is 13.2 Å². The van der Waals surface area contributed by atoms with Crippen molar-refractivity contribution in [2.75, 3.05) is 26.7 Å². The second kappa shape index (κ2) is 9.41. The van der Waals surface area contributed by atoms with Gasteiger partial charge in [-0.15, -0.1) is 0 Å². The minimum Gasteiger partial charge on any atom is -0.496 e. The van der Waals surface area contributed by atoms with Gasteiger partial charge in [-0.1, -0.05) is 30.3 Å². The van der Waals surface area contributed by atoms with Crippen LogP contribution in [0.2, 0.25) is 0 Å². The van der Waals surface area contributed by atoms with E-state index in [4.69, 9.17) is 4.74 Å². The van der Waals surface area contributed by atoms with E-state index in [0.717, 1.165) is 30.4 Å². The molecule has 29 heavy (non-hydrogen) atoms. The summed E-state index contributed by atoms with van der Waals surface area (Å²) in [6.07, 6.45) is 3.05. The number of nitrogens with zero attached hydrogens (tertiary/aromatic N) is 2. The van der Waals surface area contributed by atoms with Gasteiger partial charge in [0.2, 0.25) is 15.9 Å².